The van der Waals surface area contributed by atoms with Crippen molar-refractivity contribution in [2.75, 3.05) is 11.6 Å². The number of anilines is 1. The summed E-state index contributed by atoms with van der Waals surface area (Å²) in [4.78, 5) is 4.56. The Balaban J connectivity index is 1.78. The summed E-state index contributed by atoms with van der Waals surface area (Å²) < 4.78 is 1.20. The summed E-state index contributed by atoms with van der Waals surface area (Å²) in [6.07, 6.45) is 7.73. The summed E-state index contributed by atoms with van der Waals surface area (Å²) in [5.41, 5.74) is 1.04. The number of hydrogen-bond acceptors (Lipinski definition) is 4. The Hall–Kier alpha value is -1.13. The van der Waals surface area contributed by atoms with Crippen LogP contribution in [0.3, 0.4) is 0 Å². The van der Waals surface area contributed by atoms with E-state index in [9.17, 15) is 0 Å². The molecule has 0 aliphatic carbocycles. The Morgan fingerprint density at radius 2 is 1.84 bits per heavy atom. The number of para-hydroxylation sites is 1. The summed E-state index contributed by atoms with van der Waals surface area (Å²) in [5, 5.41) is 2.72. The molecule has 2 rings (SSSR count). The van der Waals surface area contributed by atoms with Crippen LogP contribution in [-0.2, 0) is 0 Å². The van der Waals surface area contributed by atoms with Crippen LogP contribution in [-0.4, -0.2) is 11.5 Å². The van der Waals surface area contributed by atoms with Crippen molar-refractivity contribution in [2.45, 2.75) is 45.4 Å². The van der Waals surface area contributed by atoms with Gasteiger partial charge in [0.05, 0.1) is 10.2 Å². The van der Waals surface area contributed by atoms with Crippen LogP contribution in [0.4, 0.5) is 5.13 Å². The zero-order valence-electron chi connectivity index (χ0n) is 11.6. The second-order valence-electron chi connectivity index (χ2n) is 4.93. The minimum atomic E-state index is 0.895. The van der Waals surface area contributed by atoms with Crippen LogP contribution in [0, 0.1) is 0 Å². The number of unbranched alkanes of at least 4 members (excludes halogenated alkanes) is 5. The molecule has 0 fully saturated rings. The third-order valence-electron chi connectivity index (χ3n) is 3.28. The summed E-state index contributed by atoms with van der Waals surface area (Å²) in [6, 6.07) is 8.18. The maximum Gasteiger partial charge on any atom is 0.200 e. The normalized spacial score (nSPS) is 11.1. The van der Waals surface area contributed by atoms with E-state index in [1.165, 1.54) is 36.8 Å². The number of nitrogens with two attached hydrogens (primary N) is 1. The molecule has 2 aromatic rings. The third-order valence-corrected chi connectivity index (χ3v) is 4.35. The van der Waals surface area contributed by atoms with Crippen LogP contribution < -0.4 is 10.9 Å². The molecule has 2 N–H and O–H groups in total. The van der Waals surface area contributed by atoms with E-state index in [1.807, 2.05) is 18.2 Å². The van der Waals surface area contributed by atoms with Crippen molar-refractivity contribution >= 4 is 26.7 Å². The van der Waals surface area contributed by atoms with Crippen LogP contribution in [0.15, 0.2) is 24.3 Å². The molecule has 0 atom stereocenters. The molecule has 1 aromatic carbocycles. The minimum absolute atomic E-state index is 0.895. The third kappa shape index (κ3) is 4.18. The van der Waals surface area contributed by atoms with Gasteiger partial charge in [-0.2, -0.15) is 0 Å². The topological polar surface area (TPSA) is 42.1 Å². The molecule has 104 valence electrons. The van der Waals surface area contributed by atoms with Crippen LogP contribution >= 0.6 is 11.3 Å². The Kier molecular flexibility index (Phi) is 5.61. The van der Waals surface area contributed by atoms with E-state index < -0.39 is 0 Å². The van der Waals surface area contributed by atoms with Gasteiger partial charge in [0.25, 0.3) is 0 Å². The number of benzene rings is 1. The second-order valence-corrected chi connectivity index (χ2v) is 5.93. The number of thiazole rings is 1. The first kappa shape index (κ1) is 14.3. The fraction of sp³-hybridized carbons (Fsp3) is 0.533. The molecule has 0 radical (unpaired) electrons. The number of hydrogen-bond donors (Lipinski definition) is 1. The first-order chi connectivity index (χ1) is 9.31. The second kappa shape index (κ2) is 7.46. The molecule has 4 heteroatoms. The Morgan fingerprint density at radius 1 is 1.11 bits per heavy atom. The predicted octanol–water partition coefficient (Wildman–Crippen LogP) is 4.34. The van der Waals surface area contributed by atoms with Crippen molar-refractivity contribution < 1.29 is 0 Å². The molecule has 3 nitrogen and oxygen atoms in total. The molecular weight excluding hydrogens is 254 g/mol. The fourth-order valence-corrected chi connectivity index (χ4v) is 3.06. The molecule has 1 heterocycles. The predicted molar refractivity (Wildman–Crippen MR) is 84.5 cm³/mol. The number of fused-ring (bicyclic) bond motifs is 1. The largest absolute Gasteiger partial charge is 0.286 e. The van der Waals surface area contributed by atoms with Crippen molar-refractivity contribution in [3.05, 3.63) is 24.3 Å². The molecule has 0 aliphatic heterocycles. The van der Waals surface area contributed by atoms with Crippen LogP contribution in [0.1, 0.15) is 45.4 Å². The number of rotatable bonds is 8. The highest BCUT2D eigenvalue weighted by Crippen LogP contribution is 2.27. The van der Waals surface area contributed by atoms with Crippen molar-refractivity contribution in [2.24, 2.45) is 5.84 Å². The fourth-order valence-electron chi connectivity index (χ4n) is 2.14. The van der Waals surface area contributed by atoms with E-state index in [0.717, 1.165) is 23.6 Å². The Bertz CT molecular complexity index is 462. The molecule has 19 heavy (non-hydrogen) atoms. The van der Waals surface area contributed by atoms with Gasteiger partial charge in [-0.05, 0) is 18.6 Å². The van der Waals surface area contributed by atoms with E-state index in [0.29, 0.717) is 0 Å². The van der Waals surface area contributed by atoms with Gasteiger partial charge in [0.1, 0.15) is 0 Å². The Morgan fingerprint density at radius 3 is 2.63 bits per heavy atom. The van der Waals surface area contributed by atoms with Gasteiger partial charge < -0.3 is 0 Å². The number of hydrazine groups is 1. The molecule has 0 bridgehead atoms. The molecule has 0 saturated carbocycles. The van der Waals surface area contributed by atoms with E-state index in [4.69, 9.17) is 5.84 Å². The van der Waals surface area contributed by atoms with Crippen molar-refractivity contribution in [3.63, 3.8) is 0 Å². The molecule has 0 aliphatic rings. The lowest BCUT2D eigenvalue weighted by Gasteiger charge is -2.14. The van der Waals surface area contributed by atoms with Gasteiger partial charge in [-0.15, -0.1) is 0 Å². The van der Waals surface area contributed by atoms with Crippen LogP contribution in [0.5, 0.6) is 0 Å². The first-order valence-electron chi connectivity index (χ1n) is 7.19. The van der Waals surface area contributed by atoms with Gasteiger partial charge in [0.15, 0.2) is 0 Å². The SMILES string of the molecule is CCCCCCCCN(N)c1nc2ccccc2s1. The van der Waals surface area contributed by atoms with Crippen molar-refractivity contribution in [1.29, 1.82) is 0 Å². The standard InChI is InChI=1S/C15H23N3S/c1-2-3-4-5-6-9-12-18(16)15-17-13-10-7-8-11-14(13)19-15/h7-8,10-11H,2-6,9,12,16H2,1H3. The van der Waals surface area contributed by atoms with Crippen molar-refractivity contribution in [1.82, 2.24) is 4.98 Å². The van der Waals surface area contributed by atoms with E-state index >= 15 is 0 Å². The van der Waals surface area contributed by atoms with Gasteiger partial charge in [-0.25, -0.2) is 10.8 Å². The number of aromatic nitrogens is 1. The van der Waals surface area contributed by atoms with Gasteiger partial charge in [0.2, 0.25) is 5.13 Å². The van der Waals surface area contributed by atoms with E-state index in [-0.39, 0.29) is 0 Å². The maximum atomic E-state index is 6.08. The quantitative estimate of drug-likeness (QED) is 0.443. The van der Waals surface area contributed by atoms with Gasteiger partial charge in [-0.1, -0.05) is 62.5 Å². The average Bonchev–Trinajstić information content (AvgIpc) is 2.86. The van der Waals surface area contributed by atoms with Gasteiger partial charge in [0, 0.05) is 6.54 Å². The first-order valence-corrected chi connectivity index (χ1v) is 8.00. The minimum Gasteiger partial charge on any atom is -0.286 e. The van der Waals surface area contributed by atoms with Gasteiger partial charge in [-0.3, -0.25) is 5.01 Å². The molecular formula is C15H23N3S. The molecule has 0 unspecified atom stereocenters. The van der Waals surface area contributed by atoms with Crippen LogP contribution in [0.25, 0.3) is 10.2 Å². The highest BCUT2D eigenvalue weighted by Gasteiger charge is 2.07. The Labute approximate surface area is 119 Å². The maximum absolute atomic E-state index is 6.08. The molecule has 1 aromatic heterocycles. The van der Waals surface area contributed by atoms with E-state index in [1.54, 1.807) is 16.3 Å². The zero-order chi connectivity index (χ0) is 13.5. The van der Waals surface area contributed by atoms with Gasteiger partial charge >= 0.3 is 0 Å². The lowest BCUT2D eigenvalue weighted by Crippen LogP contribution is -2.31. The summed E-state index contributed by atoms with van der Waals surface area (Å²) >= 11 is 1.67. The zero-order valence-corrected chi connectivity index (χ0v) is 12.5. The highest BCUT2D eigenvalue weighted by atomic mass is 32.1. The molecule has 0 saturated heterocycles. The average molecular weight is 277 g/mol. The lowest BCUT2D eigenvalue weighted by atomic mass is 10.1. The summed E-state index contributed by atoms with van der Waals surface area (Å²) in [5.74, 6) is 6.08. The van der Waals surface area contributed by atoms with Crippen molar-refractivity contribution in [3.8, 4) is 0 Å². The smallest absolute Gasteiger partial charge is 0.200 e. The highest BCUT2D eigenvalue weighted by molar-refractivity contribution is 7.22. The summed E-state index contributed by atoms with van der Waals surface area (Å²) in [6.45, 7) is 3.14. The number of nitrogens with zero attached hydrogens (tertiary/aromatic N) is 2. The van der Waals surface area contributed by atoms with E-state index in [2.05, 4.69) is 18.0 Å². The monoisotopic (exact) mass is 277 g/mol. The lowest BCUT2D eigenvalue weighted by molar-refractivity contribution is 0.601. The molecule has 0 spiro atoms. The molecule has 0 amide bonds. The van der Waals surface area contributed by atoms with Crippen LogP contribution in [0.2, 0.25) is 0 Å². The summed E-state index contributed by atoms with van der Waals surface area (Å²) in [7, 11) is 0.